The van der Waals surface area contributed by atoms with E-state index >= 15 is 0 Å². The van der Waals surface area contributed by atoms with Crippen molar-refractivity contribution in [2.45, 2.75) is 77.4 Å². The Balaban J connectivity index is 1.67. The third kappa shape index (κ3) is 3.56. The second kappa shape index (κ2) is 8.40. The monoisotopic (exact) mass is 446 g/mol. The SMILES string of the molecule is CCCCN1C(=O)c2c(-n3cccc3)c3cc(C)ccc3n2C[C@]1(C)C(=O)NC1CCCC1. The lowest BCUT2D eigenvalue weighted by Gasteiger charge is -2.44. The molecule has 174 valence electrons. The Kier molecular flexibility index (Phi) is 5.55. The van der Waals surface area contributed by atoms with Gasteiger partial charge in [-0.3, -0.25) is 9.59 Å². The minimum Gasteiger partial charge on any atom is -0.351 e. The molecule has 3 heterocycles. The van der Waals surface area contributed by atoms with Crippen molar-refractivity contribution in [2.75, 3.05) is 6.54 Å². The maximum atomic E-state index is 14.2. The highest BCUT2D eigenvalue weighted by Gasteiger charge is 2.49. The zero-order valence-electron chi connectivity index (χ0n) is 19.9. The van der Waals surface area contributed by atoms with Crippen LogP contribution in [0.5, 0.6) is 0 Å². The van der Waals surface area contributed by atoms with E-state index in [2.05, 4.69) is 41.9 Å². The fraction of sp³-hybridized carbons (Fsp3) is 0.481. The van der Waals surface area contributed by atoms with Crippen molar-refractivity contribution in [3.8, 4) is 5.69 Å². The zero-order valence-corrected chi connectivity index (χ0v) is 19.9. The summed E-state index contributed by atoms with van der Waals surface area (Å²) in [5, 5.41) is 4.33. The highest BCUT2D eigenvalue weighted by molar-refractivity contribution is 6.09. The topological polar surface area (TPSA) is 59.3 Å². The van der Waals surface area contributed by atoms with Crippen LogP contribution >= 0.6 is 0 Å². The third-order valence-corrected chi connectivity index (χ3v) is 7.48. The summed E-state index contributed by atoms with van der Waals surface area (Å²) in [7, 11) is 0. The number of carbonyl (C=O) groups is 2. The Bertz CT molecular complexity index is 1190. The number of unbranched alkanes of at least 4 members (excludes halogenated alkanes) is 1. The Hall–Kier alpha value is -3.02. The molecule has 1 fully saturated rings. The van der Waals surface area contributed by atoms with Crippen LogP contribution in [0.3, 0.4) is 0 Å². The first-order valence-corrected chi connectivity index (χ1v) is 12.3. The summed E-state index contributed by atoms with van der Waals surface area (Å²) >= 11 is 0. The van der Waals surface area contributed by atoms with Crippen LogP contribution in [0, 0.1) is 6.92 Å². The van der Waals surface area contributed by atoms with Gasteiger partial charge in [-0.25, -0.2) is 0 Å². The number of aryl methyl sites for hydroxylation is 1. The van der Waals surface area contributed by atoms with Gasteiger partial charge in [0.15, 0.2) is 0 Å². The van der Waals surface area contributed by atoms with E-state index in [1.165, 1.54) is 0 Å². The average Bonchev–Trinajstić information content (AvgIpc) is 3.54. The van der Waals surface area contributed by atoms with Crippen LogP contribution in [0.4, 0.5) is 0 Å². The molecule has 33 heavy (non-hydrogen) atoms. The summed E-state index contributed by atoms with van der Waals surface area (Å²) in [5.74, 6) is -0.0858. The normalized spacial score (nSPS) is 21.1. The van der Waals surface area contributed by atoms with Crippen molar-refractivity contribution in [2.24, 2.45) is 0 Å². The second-order valence-corrected chi connectivity index (χ2v) is 9.93. The number of nitrogens with zero attached hydrogens (tertiary/aromatic N) is 3. The molecule has 1 N–H and O–H groups in total. The van der Waals surface area contributed by atoms with E-state index in [9.17, 15) is 9.59 Å². The summed E-state index contributed by atoms with van der Waals surface area (Å²) in [5.41, 5.74) is 2.81. The van der Waals surface area contributed by atoms with Gasteiger partial charge in [0.1, 0.15) is 11.2 Å². The number of rotatable bonds is 6. The molecule has 0 bridgehead atoms. The second-order valence-electron chi connectivity index (χ2n) is 9.93. The first-order valence-electron chi connectivity index (χ1n) is 12.3. The summed E-state index contributed by atoms with van der Waals surface area (Å²) in [6.45, 7) is 7.18. The van der Waals surface area contributed by atoms with Gasteiger partial charge in [-0.05, 0) is 57.4 Å². The Morgan fingerprint density at radius 2 is 1.91 bits per heavy atom. The molecule has 6 heteroatoms. The Labute approximate surface area is 195 Å². The van der Waals surface area contributed by atoms with Gasteiger partial charge in [-0.2, -0.15) is 0 Å². The van der Waals surface area contributed by atoms with Crippen LogP contribution in [0.15, 0.2) is 42.7 Å². The summed E-state index contributed by atoms with van der Waals surface area (Å²) in [4.78, 5) is 29.7. The van der Waals surface area contributed by atoms with Gasteiger partial charge in [0.25, 0.3) is 5.91 Å². The van der Waals surface area contributed by atoms with Crippen LogP contribution < -0.4 is 5.32 Å². The largest absolute Gasteiger partial charge is 0.351 e. The highest BCUT2D eigenvalue weighted by atomic mass is 16.2. The Morgan fingerprint density at radius 3 is 2.61 bits per heavy atom. The number of aromatic nitrogens is 2. The fourth-order valence-corrected chi connectivity index (χ4v) is 5.59. The molecular formula is C27H34N4O2. The lowest BCUT2D eigenvalue weighted by Crippen LogP contribution is -2.65. The Morgan fingerprint density at radius 1 is 1.18 bits per heavy atom. The fourth-order valence-electron chi connectivity index (χ4n) is 5.59. The predicted octanol–water partition coefficient (Wildman–Crippen LogP) is 4.81. The van der Waals surface area contributed by atoms with Crippen molar-refractivity contribution in [3.63, 3.8) is 0 Å². The molecule has 0 radical (unpaired) electrons. The molecule has 0 saturated heterocycles. The van der Waals surface area contributed by atoms with Gasteiger partial charge >= 0.3 is 0 Å². The summed E-state index contributed by atoms with van der Waals surface area (Å²) < 4.78 is 4.12. The van der Waals surface area contributed by atoms with Gasteiger partial charge in [0.2, 0.25) is 5.91 Å². The number of fused-ring (bicyclic) bond motifs is 3. The minimum absolute atomic E-state index is 0.0269. The maximum absolute atomic E-state index is 14.2. The van der Waals surface area contributed by atoms with Gasteiger partial charge in [-0.15, -0.1) is 0 Å². The molecule has 2 aliphatic rings. The van der Waals surface area contributed by atoms with Crippen molar-refractivity contribution in [3.05, 3.63) is 54.0 Å². The maximum Gasteiger partial charge on any atom is 0.273 e. The van der Waals surface area contributed by atoms with Crippen molar-refractivity contribution in [1.29, 1.82) is 0 Å². The van der Waals surface area contributed by atoms with E-state index in [0.717, 1.165) is 60.7 Å². The lowest BCUT2D eigenvalue weighted by atomic mass is 9.93. The molecule has 5 rings (SSSR count). The van der Waals surface area contributed by atoms with Crippen LogP contribution in [0.2, 0.25) is 0 Å². The van der Waals surface area contributed by atoms with Crippen LogP contribution in [-0.4, -0.2) is 44.0 Å². The zero-order chi connectivity index (χ0) is 23.2. The standard InChI is InChI=1S/C27H34N4O2/c1-4-5-16-31-25(32)24-23(29-14-8-9-15-29)21-17-19(2)12-13-22(21)30(24)18-27(31,3)26(33)28-20-10-6-7-11-20/h8-9,12-15,17,20H,4-7,10-11,16,18H2,1-3H3,(H,28,33)/t27-/m1/s1. The van der Waals surface area contributed by atoms with Crippen LogP contribution in [0.25, 0.3) is 16.6 Å². The van der Waals surface area contributed by atoms with Crippen molar-refractivity contribution in [1.82, 2.24) is 19.4 Å². The summed E-state index contributed by atoms with van der Waals surface area (Å²) in [6, 6.07) is 10.5. The number of hydrogen-bond acceptors (Lipinski definition) is 2. The molecule has 1 aromatic carbocycles. The first kappa shape index (κ1) is 21.8. The first-order chi connectivity index (χ1) is 15.9. The molecule has 1 saturated carbocycles. The molecule has 1 aliphatic carbocycles. The van der Waals surface area contributed by atoms with Crippen LogP contribution in [0.1, 0.15) is 68.4 Å². The number of benzene rings is 1. The highest BCUT2D eigenvalue weighted by Crippen LogP contribution is 2.38. The lowest BCUT2D eigenvalue weighted by molar-refractivity contribution is -0.133. The number of hydrogen-bond donors (Lipinski definition) is 1. The van der Waals surface area contributed by atoms with Gasteiger partial charge in [-0.1, -0.05) is 37.8 Å². The molecular weight excluding hydrogens is 412 g/mol. The van der Waals surface area contributed by atoms with E-state index in [0.29, 0.717) is 18.8 Å². The van der Waals surface area contributed by atoms with Gasteiger partial charge in [0, 0.05) is 30.4 Å². The average molecular weight is 447 g/mol. The predicted molar refractivity (Wildman–Crippen MR) is 131 cm³/mol. The minimum atomic E-state index is -0.924. The van der Waals surface area contributed by atoms with E-state index in [-0.39, 0.29) is 17.9 Å². The summed E-state index contributed by atoms with van der Waals surface area (Å²) in [6.07, 6.45) is 10.2. The number of amides is 2. The van der Waals surface area contributed by atoms with Crippen LogP contribution in [-0.2, 0) is 11.3 Å². The quantitative estimate of drug-likeness (QED) is 0.591. The molecule has 2 aromatic heterocycles. The smallest absolute Gasteiger partial charge is 0.273 e. The van der Waals surface area contributed by atoms with E-state index in [4.69, 9.17) is 0 Å². The van der Waals surface area contributed by atoms with Crippen molar-refractivity contribution >= 4 is 22.7 Å². The molecule has 0 unspecified atom stereocenters. The molecule has 2 amide bonds. The van der Waals surface area contributed by atoms with Gasteiger partial charge in [0.05, 0.1) is 17.7 Å². The van der Waals surface area contributed by atoms with E-state index in [1.807, 2.05) is 40.9 Å². The molecule has 3 aromatic rings. The molecule has 6 nitrogen and oxygen atoms in total. The van der Waals surface area contributed by atoms with E-state index < -0.39 is 5.54 Å². The molecule has 0 spiro atoms. The molecule has 1 atom stereocenters. The van der Waals surface area contributed by atoms with Gasteiger partial charge < -0.3 is 19.4 Å². The van der Waals surface area contributed by atoms with Crippen molar-refractivity contribution < 1.29 is 9.59 Å². The third-order valence-electron chi connectivity index (χ3n) is 7.48. The van der Waals surface area contributed by atoms with E-state index in [1.54, 1.807) is 0 Å². The molecule has 1 aliphatic heterocycles. The number of nitrogens with one attached hydrogen (secondary N) is 1. The number of carbonyl (C=O) groups excluding carboxylic acids is 2.